The highest BCUT2D eigenvalue weighted by Gasteiger charge is 2.27. The molecule has 2 aromatic rings. The largest absolute Gasteiger partial charge is 0.396 e. The van der Waals surface area contributed by atoms with Gasteiger partial charge in [-0.05, 0) is 25.3 Å². The zero-order valence-corrected chi connectivity index (χ0v) is 13.2. The maximum absolute atomic E-state index is 12.6. The van der Waals surface area contributed by atoms with Crippen LogP contribution in [0.25, 0.3) is 11.2 Å². The lowest BCUT2D eigenvalue weighted by molar-refractivity contribution is 0.0781. The molecule has 1 amide bonds. The molecule has 0 radical (unpaired) electrons. The van der Waals surface area contributed by atoms with Crippen molar-refractivity contribution >= 4 is 17.1 Å². The molecule has 2 fully saturated rings. The number of hydrogen-bond acceptors (Lipinski definition) is 4. The van der Waals surface area contributed by atoms with E-state index in [-0.39, 0.29) is 18.4 Å². The first-order valence-corrected chi connectivity index (χ1v) is 8.49. The molecular weight excluding hydrogens is 292 g/mol. The van der Waals surface area contributed by atoms with Gasteiger partial charge in [-0.25, -0.2) is 9.97 Å². The van der Waals surface area contributed by atoms with Crippen molar-refractivity contribution in [2.45, 2.75) is 38.1 Å². The Balaban J connectivity index is 1.58. The van der Waals surface area contributed by atoms with Crippen molar-refractivity contribution in [3.63, 3.8) is 0 Å². The lowest BCUT2D eigenvalue weighted by Gasteiger charge is -2.16. The zero-order valence-electron chi connectivity index (χ0n) is 13.2. The number of imidazole rings is 1. The average Bonchev–Trinajstić information content (AvgIpc) is 3.31. The fourth-order valence-corrected chi connectivity index (χ4v) is 3.83. The Morgan fingerprint density at radius 1 is 1.26 bits per heavy atom. The number of aliphatic hydroxyl groups excluding tert-OH is 1. The van der Waals surface area contributed by atoms with Crippen LogP contribution < -0.4 is 0 Å². The number of rotatable bonds is 3. The van der Waals surface area contributed by atoms with Crippen molar-refractivity contribution in [2.75, 3.05) is 19.7 Å². The van der Waals surface area contributed by atoms with Gasteiger partial charge in [0.2, 0.25) is 0 Å². The number of amides is 1. The SMILES string of the molecule is O=C(c1cnc2c(c1)ncn2C1CCCC1)N1CCC(CO)C1. The maximum Gasteiger partial charge on any atom is 0.255 e. The molecule has 0 spiro atoms. The molecule has 6 nitrogen and oxygen atoms in total. The van der Waals surface area contributed by atoms with Crippen LogP contribution in [0.3, 0.4) is 0 Å². The van der Waals surface area contributed by atoms with Gasteiger partial charge in [0.1, 0.15) is 5.52 Å². The molecule has 122 valence electrons. The van der Waals surface area contributed by atoms with Crippen molar-refractivity contribution in [1.29, 1.82) is 0 Å². The highest BCUT2D eigenvalue weighted by molar-refractivity contribution is 5.96. The fraction of sp³-hybridized carbons (Fsp3) is 0.588. The molecule has 2 aliphatic rings. The fourth-order valence-electron chi connectivity index (χ4n) is 3.83. The third-order valence-corrected chi connectivity index (χ3v) is 5.21. The summed E-state index contributed by atoms with van der Waals surface area (Å²) in [5.41, 5.74) is 2.26. The van der Waals surface area contributed by atoms with Crippen LogP contribution in [0.1, 0.15) is 48.5 Å². The molecule has 0 bridgehead atoms. The first-order valence-electron chi connectivity index (χ1n) is 8.49. The molecular formula is C17H22N4O2. The molecule has 1 unspecified atom stereocenters. The predicted octanol–water partition coefficient (Wildman–Crippen LogP) is 2.00. The number of hydrogen-bond donors (Lipinski definition) is 1. The van der Waals surface area contributed by atoms with Crippen LogP contribution in [-0.2, 0) is 0 Å². The second kappa shape index (κ2) is 5.92. The van der Waals surface area contributed by atoms with Gasteiger partial charge in [-0.15, -0.1) is 0 Å². The zero-order chi connectivity index (χ0) is 15.8. The van der Waals surface area contributed by atoms with Crippen LogP contribution in [0.15, 0.2) is 18.6 Å². The Bertz CT molecular complexity index is 720. The molecule has 1 saturated heterocycles. The Labute approximate surface area is 135 Å². The first-order chi connectivity index (χ1) is 11.3. The molecule has 1 aliphatic carbocycles. The summed E-state index contributed by atoms with van der Waals surface area (Å²) in [5, 5.41) is 9.22. The van der Waals surface area contributed by atoms with Crippen LogP contribution in [-0.4, -0.2) is 50.1 Å². The van der Waals surface area contributed by atoms with Gasteiger partial charge < -0.3 is 14.6 Å². The van der Waals surface area contributed by atoms with Gasteiger partial charge in [-0.2, -0.15) is 0 Å². The molecule has 1 N–H and O–H groups in total. The molecule has 1 saturated carbocycles. The van der Waals surface area contributed by atoms with E-state index in [2.05, 4.69) is 14.5 Å². The molecule has 3 heterocycles. The van der Waals surface area contributed by atoms with Crippen molar-refractivity contribution in [1.82, 2.24) is 19.4 Å². The summed E-state index contributed by atoms with van der Waals surface area (Å²) in [6.45, 7) is 1.48. The minimum Gasteiger partial charge on any atom is -0.396 e. The van der Waals surface area contributed by atoms with E-state index in [0.717, 1.165) is 17.6 Å². The maximum atomic E-state index is 12.6. The number of likely N-dealkylation sites (tertiary alicyclic amines) is 1. The number of carbonyl (C=O) groups excluding carboxylic acids is 1. The van der Waals surface area contributed by atoms with Crippen LogP contribution in [0, 0.1) is 5.92 Å². The highest BCUT2D eigenvalue weighted by atomic mass is 16.3. The lowest BCUT2D eigenvalue weighted by Crippen LogP contribution is -2.29. The summed E-state index contributed by atoms with van der Waals surface area (Å²) in [5.74, 6) is 0.197. The van der Waals surface area contributed by atoms with Crippen LogP contribution >= 0.6 is 0 Å². The van der Waals surface area contributed by atoms with E-state index in [1.165, 1.54) is 25.7 Å². The topological polar surface area (TPSA) is 71.2 Å². The highest BCUT2D eigenvalue weighted by Crippen LogP contribution is 2.31. The summed E-state index contributed by atoms with van der Waals surface area (Å²) in [7, 11) is 0. The lowest BCUT2D eigenvalue weighted by atomic mass is 10.1. The third kappa shape index (κ3) is 2.61. The molecule has 4 rings (SSSR count). The second-order valence-corrected chi connectivity index (χ2v) is 6.75. The van der Waals surface area contributed by atoms with Gasteiger partial charge >= 0.3 is 0 Å². The van der Waals surface area contributed by atoms with Gasteiger partial charge in [0, 0.05) is 37.9 Å². The van der Waals surface area contributed by atoms with E-state index in [9.17, 15) is 9.90 Å². The molecule has 2 aromatic heterocycles. The number of aliphatic hydroxyl groups is 1. The Kier molecular flexibility index (Phi) is 3.77. The van der Waals surface area contributed by atoms with Crippen molar-refractivity contribution in [3.8, 4) is 0 Å². The summed E-state index contributed by atoms with van der Waals surface area (Å²) in [6.07, 6.45) is 9.30. The molecule has 0 aromatic carbocycles. The molecule has 1 aliphatic heterocycles. The molecule has 1 atom stereocenters. The van der Waals surface area contributed by atoms with E-state index in [4.69, 9.17) is 0 Å². The van der Waals surface area contributed by atoms with E-state index in [1.807, 2.05) is 12.4 Å². The molecule has 6 heteroatoms. The van der Waals surface area contributed by atoms with Crippen LogP contribution in [0.5, 0.6) is 0 Å². The monoisotopic (exact) mass is 314 g/mol. The van der Waals surface area contributed by atoms with Crippen molar-refractivity contribution in [2.24, 2.45) is 5.92 Å². The summed E-state index contributed by atoms with van der Waals surface area (Å²) in [6, 6.07) is 2.35. The second-order valence-electron chi connectivity index (χ2n) is 6.75. The Morgan fingerprint density at radius 2 is 2.09 bits per heavy atom. The van der Waals surface area contributed by atoms with Gasteiger partial charge in [0.25, 0.3) is 5.91 Å². The van der Waals surface area contributed by atoms with E-state index in [0.29, 0.717) is 24.7 Å². The number of carbonyl (C=O) groups is 1. The number of pyridine rings is 1. The Morgan fingerprint density at radius 3 is 2.83 bits per heavy atom. The van der Waals surface area contributed by atoms with Gasteiger partial charge in [-0.3, -0.25) is 4.79 Å². The van der Waals surface area contributed by atoms with E-state index >= 15 is 0 Å². The summed E-state index contributed by atoms with van der Waals surface area (Å²) in [4.78, 5) is 23.4. The normalized spacial score (nSPS) is 22.3. The third-order valence-electron chi connectivity index (χ3n) is 5.21. The van der Waals surface area contributed by atoms with Gasteiger partial charge in [0.05, 0.1) is 11.9 Å². The summed E-state index contributed by atoms with van der Waals surface area (Å²) >= 11 is 0. The van der Waals surface area contributed by atoms with Crippen LogP contribution in [0.2, 0.25) is 0 Å². The predicted molar refractivity (Wildman–Crippen MR) is 86.1 cm³/mol. The number of aromatic nitrogens is 3. The minimum atomic E-state index is -0.00855. The minimum absolute atomic E-state index is 0.00855. The first kappa shape index (κ1) is 14.6. The van der Waals surface area contributed by atoms with E-state index < -0.39 is 0 Å². The number of nitrogens with zero attached hydrogens (tertiary/aromatic N) is 4. The summed E-state index contributed by atoms with van der Waals surface area (Å²) < 4.78 is 2.16. The van der Waals surface area contributed by atoms with Crippen LogP contribution in [0.4, 0.5) is 0 Å². The quantitative estimate of drug-likeness (QED) is 0.940. The standard InChI is InChI=1S/C17H22N4O2/c22-10-12-5-6-20(9-12)17(23)13-7-15-16(18-8-13)21(11-19-15)14-3-1-2-4-14/h7-8,11-12,14,22H,1-6,9-10H2. The van der Waals surface area contributed by atoms with Crippen molar-refractivity contribution in [3.05, 3.63) is 24.2 Å². The average molecular weight is 314 g/mol. The Hall–Kier alpha value is -1.95. The van der Waals surface area contributed by atoms with Gasteiger partial charge in [-0.1, -0.05) is 12.8 Å². The smallest absolute Gasteiger partial charge is 0.255 e. The molecule has 23 heavy (non-hydrogen) atoms. The number of fused-ring (bicyclic) bond motifs is 1. The van der Waals surface area contributed by atoms with E-state index in [1.54, 1.807) is 11.1 Å². The van der Waals surface area contributed by atoms with Crippen molar-refractivity contribution < 1.29 is 9.90 Å². The van der Waals surface area contributed by atoms with Gasteiger partial charge in [0.15, 0.2) is 5.65 Å².